The maximum absolute atomic E-state index is 14.3. The second-order valence-corrected chi connectivity index (χ2v) is 13.1. The molecule has 11 nitrogen and oxygen atoms in total. The first-order valence-electron chi connectivity index (χ1n) is 17.1. The van der Waals surface area contributed by atoms with E-state index < -0.39 is 53.5 Å². The van der Waals surface area contributed by atoms with Crippen LogP contribution in [0, 0.1) is 5.92 Å². The molecule has 6 rings (SSSR count). The second-order valence-electron chi connectivity index (χ2n) is 13.1. The van der Waals surface area contributed by atoms with Crippen molar-refractivity contribution in [3.05, 3.63) is 78.9 Å². The number of aliphatic carboxylic acids is 1. The lowest BCUT2D eigenvalue weighted by Crippen LogP contribution is -2.57. The third-order valence-electron chi connectivity index (χ3n) is 9.63. The van der Waals surface area contributed by atoms with Crippen molar-refractivity contribution in [3.8, 4) is 17.0 Å². The fraction of sp³-hybridized carbons (Fsp3) is 0.395. The molecule has 3 aliphatic rings. The number of carbonyl (C=O) groups is 4. The maximum Gasteiger partial charge on any atom is 0.330 e. The van der Waals surface area contributed by atoms with E-state index in [1.54, 1.807) is 0 Å². The zero-order valence-electron chi connectivity index (χ0n) is 27.7. The molecule has 0 spiro atoms. The number of unbranched alkanes of at least 4 members (excludes halogenated alkanes) is 1. The molecule has 1 saturated carbocycles. The summed E-state index contributed by atoms with van der Waals surface area (Å²) < 4.78 is 6.71. The first-order chi connectivity index (χ1) is 23.7. The highest BCUT2D eigenvalue weighted by molar-refractivity contribution is 5.96. The molecule has 4 bridgehead atoms. The molecule has 3 aromatic rings. The molecule has 0 radical (unpaired) electrons. The Balaban J connectivity index is 1.39. The number of rotatable bonds is 8. The van der Waals surface area contributed by atoms with E-state index in [-0.39, 0.29) is 19.4 Å². The van der Waals surface area contributed by atoms with Gasteiger partial charge in [0.25, 0.3) is 0 Å². The van der Waals surface area contributed by atoms with Gasteiger partial charge in [0, 0.05) is 35.9 Å². The number of hydrogen-bond donors (Lipinski definition) is 4. The molecule has 0 unspecified atom stereocenters. The Morgan fingerprint density at radius 1 is 1.18 bits per heavy atom. The molecule has 4 amide bonds. The first-order valence-corrected chi connectivity index (χ1v) is 17.1. The van der Waals surface area contributed by atoms with Crippen LogP contribution in [0.5, 0.6) is 5.75 Å². The van der Waals surface area contributed by atoms with Crippen LogP contribution in [-0.2, 0) is 14.4 Å². The van der Waals surface area contributed by atoms with E-state index in [0.717, 1.165) is 40.6 Å². The first kappa shape index (κ1) is 33.7. The fourth-order valence-corrected chi connectivity index (χ4v) is 6.76. The smallest absolute Gasteiger partial charge is 0.330 e. The molecule has 2 aromatic carbocycles. The van der Waals surface area contributed by atoms with Gasteiger partial charge in [0.1, 0.15) is 29.5 Å². The molecule has 49 heavy (non-hydrogen) atoms. The number of aromatic nitrogens is 1. The van der Waals surface area contributed by atoms with Crippen molar-refractivity contribution in [2.45, 2.75) is 75.6 Å². The Labute approximate surface area is 285 Å². The minimum absolute atomic E-state index is 0.0673. The number of pyridine rings is 1. The number of amides is 4. The van der Waals surface area contributed by atoms with Crippen LogP contribution in [-0.4, -0.2) is 75.6 Å². The van der Waals surface area contributed by atoms with Crippen molar-refractivity contribution in [1.29, 1.82) is 0 Å². The van der Waals surface area contributed by atoms with Crippen molar-refractivity contribution >= 4 is 40.8 Å². The summed E-state index contributed by atoms with van der Waals surface area (Å²) >= 11 is 0. The highest BCUT2D eigenvalue weighted by Gasteiger charge is 2.61. The molecule has 3 heterocycles. The lowest BCUT2D eigenvalue weighted by atomic mass is 10.1. The van der Waals surface area contributed by atoms with E-state index in [1.165, 1.54) is 11.0 Å². The molecule has 5 atom stereocenters. The van der Waals surface area contributed by atoms with Gasteiger partial charge in [-0.2, -0.15) is 0 Å². The number of hydrogen-bond acceptors (Lipinski definition) is 6. The van der Waals surface area contributed by atoms with E-state index in [4.69, 9.17) is 9.72 Å². The number of carboxylic acids is 1. The van der Waals surface area contributed by atoms with Gasteiger partial charge in [-0.1, -0.05) is 74.4 Å². The molecular weight excluding hydrogens is 622 g/mol. The summed E-state index contributed by atoms with van der Waals surface area (Å²) in [7, 11) is 0. The quantitative estimate of drug-likeness (QED) is 0.246. The summed E-state index contributed by atoms with van der Waals surface area (Å²) in [6, 6.07) is 15.3. The number of allylic oxidation sites excluding steroid dienone is 1. The van der Waals surface area contributed by atoms with Crippen LogP contribution in [0.15, 0.2) is 73.3 Å². The zero-order valence-corrected chi connectivity index (χ0v) is 27.7. The molecule has 4 N–H and O–H groups in total. The monoisotopic (exact) mass is 665 g/mol. The largest absolute Gasteiger partial charge is 0.488 e. The van der Waals surface area contributed by atoms with E-state index >= 15 is 0 Å². The maximum atomic E-state index is 14.3. The highest BCUT2D eigenvalue weighted by Crippen LogP contribution is 2.45. The normalized spacial score (nSPS) is 26.1. The van der Waals surface area contributed by atoms with Crippen LogP contribution in [0.3, 0.4) is 0 Å². The predicted molar refractivity (Wildman–Crippen MR) is 187 cm³/mol. The van der Waals surface area contributed by atoms with Gasteiger partial charge < -0.3 is 30.7 Å². The second kappa shape index (κ2) is 14.5. The minimum Gasteiger partial charge on any atom is -0.488 e. The van der Waals surface area contributed by atoms with E-state index in [0.29, 0.717) is 31.6 Å². The Morgan fingerprint density at radius 2 is 2.00 bits per heavy atom. The summed E-state index contributed by atoms with van der Waals surface area (Å²) in [4.78, 5) is 59.8. The molecule has 256 valence electrons. The summed E-state index contributed by atoms with van der Waals surface area (Å²) in [5.74, 6) is -1.99. The van der Waals surface area contributed by atoms with E-state index in [2.05, 4.69) is 28.6 Å². The molecule has 2 fully saturated rings. The zero-order chi connectivity index (χ0) is 34.5. The van der Waals surface area contributed by atoms with Crippen LogP contribution < -0.4 is 20.7 Å². The van der Waals surface area contributed by atoms with Gasteiger partial charge in [0.2, 0.25) is 11.8 Å². The third-order valence-corrected chi connectivity index (χ3v) is 9.63. The average molecular weight is 666 g/mol. The summed E-state index contributed by atoms with van der Waals surface area (Å²) in [6.07, 6.45) is 8.67. The number of carboxylic acid groups (broad SMARTS) is 1. The van der Waals surface area contributed by atoms with Gasteiger partial charge in [-0.3, -0.25) is 9.59 Å². The summed E-state index contributed by atoms with van der Waals surface area (Å²) in [5.41, 5.74) is 1.86. The lowest BCUT2D eigenvalue weighted by molar-refractivity contribution is -0.145. The fourth-order valence-electron chi connectivity index (χ4n) is 6.76. The number of nitrogens with zero attached hydrogens (tertiary/aromatic N) is 2. The van der Waals surface area contributed by atoms with Gasteiger partial charge in [-0.05, 0) is 43.4 Å². The Bertz CT molecular complexity index is 1780. The molecule has 1 aromatic heterocycles. The molecule has 11 heteroatoms. The number of nitrogens with one attached hydrogen (secondary N) is 3. The Hall–Kier alpha value is -5.19. The molecule has 2 aliphatic heterocycles. The Morgan fingerprint density at radius 3 is 2.73 bits per heavy atom. The van der Waals surface area contributed by atoms with Gasteiger partial charge in [-0.25, -0.2) is 14.6 Å². The van der Waals surface area contributed by atoms with Crippen LogP contribution in [0.2, 0.25) is 0 Å². The van der Waals surface area contributed by atoms with E-state index in [1.807, 2.05) is 67.6 Å². The van der Waals surface area contributed by atoms with Crippen molar-refractivity contribution in [2.75, 3.05) is 13.1 Å². The van der Waals surface area contributed by atoms with Crippen molar-refractivity contribution in [3.63, 3.8) is 0 Å². The third kappa shape index (κ3) is 7.30. The standard InChI is InChI=1S/C38H43N5O6/c1-3-5-15-30-35(45)43-23-27(20-32(43)34(44)42-38(36(46)47)22-26(38)4-2)49-33-21-31(25-13-9-6-10-14-25)40-29-17-16-24(19-28(29)33)12-8-7-11-18-39-37(48)41-30/h4,6,8-10,12-14,16-17,19,21,26-27,30,32H,2-3,5,7,11,15,18,20,22-23H2,1H3,(H,42,44)(H,46,47)(H2,39,41,48)/b12-8-/t26-,27-,30+,32+,38-/m1/s1. The molecule has 1 saturated heterocycles. The summed E-state index contributed by atoms with van der Waals surface area (Å²) in [6.45, 7) is 6.21. The van der Waals surface area contributed by atoms with Crippen LogP contribution in [0.4, 0.5) is 4.79 Å². The average Bonchev–Trinajstić information content (AvgIpc) is 3.67. The summed E-state index contributed by atoms with van der Waals surface area (Å²) in [5, 5.41) is 19.2. The van der Waals surface area contributed by atoms with Gasteiger partial charge in [-0.15, -0.1) is 6.58 Å². The predicted octanol–water partition coefficient (Wildman–Crippen LogP) is 5.06. The number of carbonyl (C=O) groups excluding carboxylic acids is 3. The van der Waals surface area contributed by atoms with Crippen LogP contribution in [0.1, 0.15) is 57.4 Å². The number of benzene rings is 2. The van der Waals surface area contributed by atoms with Crippen molar-refractivity contribution in [2.24, 2.45) is 5.92 Å². The number of ether oxygens (including phenoxy) is 1. The molecule has 1 aliphatic carbocycles. The number of urea groups is 1. The van der Waals surface area contributed by atoms with Crippen molar-refractivity contribution in [1.82, 2.24) is 25.8 Å². The van der Waals surface area contributed by atoms with Gasteiger partial charge in [0.15, 0.2) is 0 Å². The Kier molecular flexibility index (Phi) is 9.98. The van der Waals surface area contributed by atoms with Crippen LogP contribution in [0.25, 0.3) is 28.2 Å². The van der Waals surface area contributed by atoms with Gasteiger partial charge in [0.05, 0.1) is 17.8 Å². The van der Waals surface area contributed by atoms with Crippen molar-refractivity contribution < 1.29 is 29.0 Å². The van der Waals surface area contributed by atoms with Gasteiger partial charge >= 0.3 is 12.0 Å². The van der Waals surface area contributed by atoms with E-state index in [9.17, 15) is 24.3 Å². The lowest BCUT2D eigenvalue weighted by Gasteiger charge is -2.29. The highest BCUT2D eigenvalue weighted by atomic mass is 16.5. The minimum atomic E-state index is -1.46. The van der Waals surface area contributed by atoms with Crippen LogP contribution >= 0.6 is 0 Å². The topological polar surface area (TPSA) is 150 Å². The molecular formula is C38H43N5O6. The number of fused-ring (bicyclic) bond motifs is 3. The SMILES string of the molecule is C=C[C@@H]1C[C@]1(NC(=O)[C@@H]1C[C@@H]2CN1C(=O)[C@H](CCCC)NC(=O)NCCC/C=C\c1ccc3nc(-c4ccccc4)cc(c3c1)O2)C(=O)O.